The molecule has 0 bridgehead atoms. The van der Waals surface area contributed by atoms with E-state index in [-0.39, 0.29) is 0 Å². The lowest BCUT2D eigenvalue weighted by atomic mass is 10.3. The van der Waals surface area contributed by atoms with Gasteiger partial charge in [-0.3, -0.25) is 4.90 Å². The summed E-state index contributed by atoms with van der Waals surface area (Å²) in [5.41, 5.74) is 1.20. The van der Waals surface area contributed by atoms with E-state index in [0.29, 0.717) is 0 Å². The molecule has 1 aliphatic rings. The average Bonchev–Trinajstić information content (AvgIpc) is 3.06. The molecule has 0 aromatic carbocycles. The molecule has 1 N–H and O–H groups in total. The Kier molecular flexibility index (Phi) is 4.86. The Hall–Kier alpha value is -1.85. The van der Waals surface area contributed by atoms with Gasteiger partial charge in [-0.05, 0) is 18.2 Å². The summed E-state index contributed by atoms with van der Waals surface area (Å²) in [5.74, 6) is 1.09. The minimum absolute atomic E-state index is 0.879. The van der Waals surface area contributed by atoms with Crippen molar-refractivity contribution in [2.24, 2.45) is 0 Å². The Balaban J connectivity index is 1.34. The first-order chi connectivity index (χ1) is 10.4. The van der Waals surface area contributed by atoms with Gasteiger partial charge < -0.3 is 14.6 Å². The van der Waals surface area contributed by atoms with Crippen molar-refractivity contribution in [3.05, 3.63) is 48.6 Å². The predicted octanol–water partition coefficient (Wildman–Crippen LogP) is 1.59. The molecule has 1 saturated heterocycles. The van der Waals surface area contributed by atoms with Crippen LogP contribution in [0, 0.1) is 0 Å². The molecule has 0 saturated carbocycles. The summed E-state index contributed by atoms with van der Waals surface area (Å²) in [6, 6.07) is 8.10. The molecule has 2 aromatic heterocycles. The summed E-state index contributed by atoms with van der Waals surface area (Å²) in [7, 11) is 0. The maximum atomic E-state index is 5.05. The number of rotatable bonds is 6. The van der Waals surface area contributed by atoms with Crippen molar-refractivity contribution in [2.75, 3.05) is 44.2 Å². The van der Waals surface area contributed by atoms with E-state index in [1.807, 2.05) is 18.3 Å². The SMILES string of the molecule is c1ccc(N2CCN(CCNCc3ccoc3)CC2)nc1. The zero-order valence-corrected chi connectivity index (χ0v) is 12.2. The predicted molar refractivity (Wildman–Crippen MR) is 83.3 cm³/mol. The first-order valence-corrected chi connectivity index (χ1v) is 7.52. The molecule has 3 heterocycles. The maximum Gasteiger partial charge on any atom is 0.128 e. The lowest BCUT2D eigenvalue weighted by Crippen LogP contribution is -2.48. The number of aromatic nitrogens is 1. The molecule has 0 amide bonds. The van der Waals surface area contributed by atoms with Crippen LogP contribution >= 0.6 is 0 Å². The van der Waals surface area contributed by atoms with E-state index in [0.717, 1.165) is 51.6 Å². The minimum Gasteiger partial charge on any atom is -0.472 e. The van der Waals surface area contributed by atoms with Crippen LogP contribution in [0.1, 0.15) is 5.56 Å². The van der Waals surface area contributed by atoms with Crippen LogP contribution in [0.5, 0.6) is 0 Å². The van der Waals surface area contributed by atoms with Crippen molar-refractivity contribution < 1.29 is 4.42 Å². The highest BCUT2D eigenvalue weighted by atomic mass is 16.3. The summed E-state index contributed by atoms with van der Waals surface area (Å²) in [6.07, 6.45) is 5.37. The lowest BCUT2D eigenvalue weighted by Gasteiger charge is -2.35. The first kappa shape index (κ1) is 14.1. The normalized spacial score (nSPS) is 16.3. The quantitative estimate of drug-likeness (QED) is 0.817. The molecular formula is C16H22N4O. The molecule has 2 aromatic rings. The van der Waals surface area contributed by atoms with Gasteiger partial charge in [0.25, 0.3) is 0 Å². The van der Waals surface area contributed by atoms with Crippen LogP contribution in [-0.2, 0) is 6.54 Å². The molecule has 0 atom stereocenters. The van der Waals surface area contributed by atoms with Crippen molar-refractivity contribution in [3.63, 3.8) is 0 Å². The number of anilines is 1. The van der Waals surface area contributed by atoms with Crippen molar-refractivity contribution >= 4 is 5.82 Å². The van der Waals surface area contributed by atoms with Crippen LogP contribution in [0.2, 0.25) is 0 Å². The molecule has 5 nitrogen and oxygen atoms in total. The summed E-state index contributed by atoms with van der Waals surface area (Å²) in [6.45, 7) is 7.29. The number of furan rings is 1. The second kappa shape index (κ2) is 7.24. The zero-order valence-electron chi connectivity index (χ0n) is 12.2. The highest BCUT2D eigenvalue weighted by Gasteiger charge is 2.17. The molecule has 1 fully saturated rings. The van der Waals surface area contributed by atoms with Crippen molar-refractivity contribution in [1.82, 2.24) is 15.2 Å². The molecule has 0 unspecified atom stereocenters. The fourth-order valence-electron chi connectivity index (χ4n) is 2.60. The van der Waals surface area contributed by atoms with E-state index in [9.17, 15) is 0 Å². The number of nitrogens with zero attached hydrogens (tertiary/aromatic N) is 3. The number of hydrogen-bond donors (Lipinski definition) is 1. The fourth-order valence-corrected chi connectivity index (χ4v) is 2.60. The summed E-state index contributed by atoms with van der Waals surface area (Å²) in [5, 5.41) is 3.45. The van der Waals surface area contributed by atoms with Gasteiger partial charge in [-0.25, -0.2) is 4.98 Å². The lowest BCUT2D eigenvalue weighted by molar-refractivity contribution is 0.257. The second-order valence-electron chi connectivity index (χ2n) is 5.33. The van der Waals surface area contributed by atoms with E-state index in [2.05, 4.69) is 32.2 Å². The Labute approximate surface area is 125 Å². The van der Waals surface area contributed by atoms with Gasteiger partial charge in [0.15, 0.2) is 0 Å². The van der Waals surface area contributed by atoms with Crippen molar-refractivity contribution in [3.8, 4) is 0 Å². The highest BCUT2D eigenvalue weighted by molar-refractivity contribution is 5.38. The summed E-state index contributed by atoms with van der Waals surface area (Å²) >= 11 is 0. The molecule has 0 aliphatic carbocycles. The molecular weight excluding hydrogens is 264 g/mol. The molecule has 21 heavy (non-hydrogen) atoms. The number of nitrogens with one attached hydrogen (secondary N) is 1. The molecule has 112 valence electrons. The van der Waals surface area contributed by atoms with Gasteiger partial charge in [0.1, 0.15) is 5.82 Å². The van der Waals surface area contributed by atoms with E-state index < -0.39 is 0 Å². The van der Waals surface area contributed by atoms with Crippen LogP contribution in [0.15, 0.2) is 47.4 Å². The zero-order chi connectivity index (χ0) is 14.3. The van der Waals surface area contributed by atoms with Crippen LogP contribution in [0.4, 0.5) is 5.82 Å². The second-order valence-corrected chi connectivity index (χ2v) is 5.33. The van der Waals surface area contributed by atoms with Crippen LogP contribution in [0.3, 0.4) is 0 Å². The smallest absolute Gasteiger partial charge is 0.128 e. The van der Waals surface area contributed by atoms with E-state index in [1.54, 1.807) is 12.5 Å². The Morgan fingerprint density at radius 2 is 2.05 bits per heavy atom. The third-order valence-electron chi connectivity index (χ3n) is 3.86. The molecule has 1 aliphatic heterocycles. The standard InChI is InChI=1S/C16H22N4O/c1-2-5-18-16(3-1)20-10-8-19(9-11-20)7-6-17-13-15-4-12-21-14-15/h1-5,12,14,17H,6-11,13H2. The van der Waals surface area contributed by atoms with Gasteiger partial charge in [0, 0.05) is 57.6 Å². The van der Waals surface area contributed by atoms with Crippen LogP contribution in [-0.4, -0.2) is 49.2 Å². The molecule has 0 radical (unpaired) electrons. The van der Waals surface area contributed by atoms with Gasteiger partial charge in [-0.1, -0.05) is 6.07 Å². The van der Waals surface area contributed by atoms with Gasteiger partial charge >= 0.3 is 0 Å². The van der Waals surface area contributed by atoms with E-state index >= 15 is 0 Å². The summed E-state index contributed by atoms with van der Waals surface area (Å²) < 4.78 is 5.05. The Morgan fingerprint density at radius 1 is 1.14 bits per heavy atom. The topological polar surface area (TPSA) is 44.5 Å². The highest BCUT2D eigenvalue weighted by Crippen LogP contribution is 2.12. The fraction of sp³-hybridized carbons (Fsp3) is 0.438. The largest absolute Gasteiger partial charge is 0.472 e. The molecule has 3 rings (SSSR count). The molecule has 0 spiro atoms. The Bertz CT molecular complexity index is 506. The van der Waals surface area contributed by atoms with Gasteiger partial charge in [0.2, 0.25) is 0 Å². The van der Waals surface area contributed by atoms with Crippen LogP contribution < -0.4 is 10.2 Å². The van der Waals surface area contributed by atoms with E-state index in [1.165, 1.54) is 5.56 Å². The number of hydrogen-bond acceptors (Lipinski definition) is 5. The number of piperazine rings is 1. The number of pyridine rings is 1. The average molecular weight is 286 g/mol. The minimum atomic E-state index is 0.879. The third-order valence-corrected chi connectivity index (χ3v) is 3.86. The monoisotopic (exact) mass is 286 g/mol. The van der Waals surface area contributed by atoms with Crippen molar-refractivity contribution in [2.45, 2.75) is 6.54 Å². The summed E-state index contributed by atoms with van der Waals surface area (Å²) in [4.78, 5) is 9.28. The van der Waals surface area contributed by atoms with Gasteiger partial charge in [-0.15, -0.1) is 0 Å². The maximum absolute atomic E-state index is 5.05. The Morgan fingerprint density at radius 3 is 2.76 bits per heavy atom. The van der Waals surface area contributed by atoms with E-state index in [4.69, 9.17) is 4.42 Å². The van der Waals surface area contributed by atoms with Gasteiger partial charge in [-0.2, -0.15) is 0 Å². The van der Waals surface area contributed by atoms with Crippen LogP contribution in [0.25, 0.3) is 0 Å². The first-order valence-electron chi connectivity index (χ1n) is 7.52. The third kappa shape index (κ3) is 4.06. The van der Waals surface area contributed by atoms with Gasteiger partial charge in [0.05, 0.1) is 12.5 Å². The van der Waals surface area contributed by atoms with Crippen molar-refractivity contribution in [1.29, 1.82) is 0 Å². The molecule has 5 heteroatoms.